The van der Waals surface area contributed by atoms with Crippen LogP contribution in [0.25, 0.3) is 0 Å². The summed E-state index contributed by atoms with van der Waals surface area (Å²) in [6.07, 6.45) is 0.372. The standard InChI is InChI=1S/C4H4Br2Cl4/c5-3(9)4(6,10)1-2(7)8/h2-3H,1H2. The summed E-state index contributed by atoms with van der Waals surface area (Å²) in [6.45, 7) is 0. The van der Waals surface area contributed by atoms with Crippen LogP contribution in [-0.2, 0) is 0 Å². The van der Waals surface area contributed by atoms with E-state index < -0.39 is 12.9 Å². The third kappa shape index (κ3) is 4.89. The van der Waals surface area contributed by atoms with Crippen molar-refractivity contribution in [3.05, 3.63) is 0 Å². The van der Waals surface area contributed by atoms with Gasteiger partial charge in [-0.3, -0.25) is 0 Å². The third-order valence-electron chi connectivity index (χ3n) is 0.746. The maximum Gasteiger partial charge on any atom is 0.128 e. The Hall–Kier alpha value is 2.12. The number of hydrogen-bond acceptors (Lipinski definition) is 0. The Labute approximate surface area is 96.8 Å². The maximum atomic E-state index is 5.84. The van der Waals surface area contributed by atoms with Crippen LogP contribution in [0.4, 0.5) is 0 Å². The summed E-state index contributed by atoms with van der Waals surface area (Å²) in [4.78, 5) is -0.518. The van der Waals surface area contributed by atoms with Crippen LogP contribution in [0.15, 0.2) is 0 Å². The Morgan fingerprint density at radius 2 is 1.70 bits per heavy atom. The molecule has 6 heteroatoms. The first-order valence-electron chi connectivity index (χ1n) is 2.30. The van der Waals surface area contributed by atoms with Crippen molar-refractivity contribution in [1.82, 2.24) is 0 Å². The molecule has 0 nitrogen and oxygen atoms in total. The highest BCUT2D eigenvalue weighted by Gasteiger charge is 2.32. The van der Waals surface area contributed by atoms with Gasteiger partial charge in [-0.25, -0.2) is 0 Å². The van der Waals surface area contributed by atoms with E-state index in [1.165, 1.54) is 0 Å². The molecular formula is C4H4Br2Cl4. The maximum absolute atomic E-state index is 5.84. The van der Waals surface area contributed by atoms with Gasteiger partial charge in [0, 0.05) is 6.42 Å². The molecule has 0 aromatic rings. The van der Waals surface area contributed by atoms with Crippen molar-refractivity contribution in [2.75, 3.05) is 0 Å². The molecule has 0 aliphatic carbocycles. The molecule has 0 aliphatic heterocycles. The zero-order valence-electron chi connectivity index (χ0n) is 4.63. The van der Waals surface area contributed by atoms with E-state index in [1.807, 2.05) is 0 Å². The molecule has 0 aromatic heterocycles. The molecule has 10 heavy (non-hydrogen) atoms. The zero-order chi connectivity index (χ0) is 8.36. The van der Waals surface area contributed by atoms with Crippen molar-refractivity contribution in [1.29, 1.82) is 0 Å². The molecule has 0 rings (SSSR count). The predicted octanol–water partition coefficient (Wildman–Crippen LogP) is 4.47. The summed E-state index contributed by atoms with van der Waals surface area (Å²) in [7, 11) is 0. The lowest BCUT2D eigenvalue weighted by Gasteiger charge is -2.21. The highest BCUT2D eigenvalue weighted by molar-refractivity contribution is 9.13. The lowest BCUT2D eigenvalue weighted by Crippen LogP contribution is -2.23. The van der Waals surface area contributed by atoms with Crippen LogP contribution >= 0.6 is 78.3 Å². The van der Waals surface area contributed by atoms with Gasteiger partial charge in [0.2, 0.25) is 0 Å². The first-order valence-corrected chi connectivity index (χ1v) is 5.70. The van der Waals surface area contributed by atoms with Crippen LogP contribution < -0.4 is 0 Å². The van der Waals surface area contributed by atoms with E-state index in [0.29, 0.717) is 6.42 Å². The largest absolute Gasteiger partial charge is 0.128 e. The Morgan fingerprint density at radius 3 is 1.80 bits per heavy atom. The molecule has 0 saturated heterocycles. The second-order valence-corrected chi connectivity index (χ2v) is 7.36. The van der Waals surface area contributed by atoms with Gasteiger partial charge in [-0.15, -0.1) is 46.4 Å². The minimum absolute atomic E-state index is 0.372. The molecule has 0 aliphatic rings. The number of halogens is 6. The number of alkyl halides is 6. The van der Waals surface area contributed by atoms with E-state index >= 15 is 0 Å². The van der Waals surface area contributed by atoms with Crippen molar-refractivity contribution < 1.29 is 0 Å². The average Bonchev–Trinajstić information content (AvgIpc) is 1.60. The Morgan fingerprint density at radius 1 is 1.30 bits per heavy atom. The molecule has 2 unspecified atom stereocenters. The summed E-state index contributed by atoms with van der Waals surface area (Å²) >= 11 is 28.7. The van der Waals surface area contributed by atoms with E-state index in [0.717, 1.165) is 0 Å². The predicted molar refractivity (Wildman–Crippen MR) is 56.2 cm³/mol. The van der Waals surface area contributed by atoms with Gasteiger partial charge < -0.3 is 0 Å². The molecule has 0 radical (unpaired) electrons. The molecule has 0 aromatic carbocycles. The molecule has 2 atom stereocenters. The quantitative estimate of drug-likeness (QED) is 0.657. The fourth-order valence-electron chi connectivity index (χ4n) is 0.295. The summed E-state index contributed by atoms with van der Waals surface area (Å²) in [5.74, 6) is 0. The molecular weight excluding hydrogens is 350 g/mol. The van der Waals surface area contributed by atoms with E-state index in [1.54, 1.807) is 0 Å². The van der Waals surface area contributed by atoms with Gasteiger partial charge in [-0.1, -0.05) is 31.9 Å². The fourth-order valence-corrected chi connectivity index (χ4v) is 2.07. The van der Waals surface area contributed by atoms with Crippen LogP contribution in [0, 0.1) is 0 Å². The highest BCUT2D eigenvalue weighted by atomic mass is 79.9. The van der Waals surface area contributed by atoms with Crippen molar-refractivity contribution >= 4 is 78.3 Å². The second kappa shape index (κ2) is 4.98. The van der Waals surface area contributed by atoms with Gasteiger partial charge in [0.25, 0.3) is 0 Å². The fraction of sp³-hybridized carbons (Fsp3) is 1.00. The lowest BCUT2D eigenvalue weighted by atomic mass is 10.4. The Balaban J connectivity index is 3.87. The minimum Gasteiger partial charge on any atom is -0.108 e. The van der Waals surface area contributed by atoms with Crippen molar-refractivity contribution in [2.45, 2.75) is 19.3 Å². The lowest BCUT2D eigenvalue weighted by molar-refractivity contribution is 0.815. The smallest absolute Gasteiger partial charge is 0.108 e. The molecule has 0 N–H and O–H groups in total. The molecule has 0 heterocycles. The first-order chi connectivity index (χ1) is 4.36. The van der Waals surface area contributed by atoms with Crippen molar-refractivity contribution in [2.24, 2.45) is 0 Å². The van der Waals surface area contributed by atoms with Crippen LogP contribution in [-0.4, -0.2) is 12.9 Å². The van der Waals surface area contributed by atoms with E-state index in [2.05, 4.69) is 31.9 Å². The minimum atomic E-state index is -0.775. The monoisotopic (exact) mass is 350 g/mol. The van der Waals surface area contributed by atoms with E-state index in [9.17, 15) is 0 Å². The molecule has 0 fully saturated rings. The topological polar surface area (TPSA) is 0 Å². The first kappa shape index (κ1) is 12.1. The van der Waals surface area contributed by atoms with Crippen molar-refractivity contribution in [3.8, 4) is 0 Å². The second-order valence-electron chi connectivity index (χ2n) is 1.66. The molecule has 0 bridgehead atoms. The molecule has 0 amide bonds. The summed E-state index contributed by atoms with van der Waals surface area (Å²) in [6, 6.07) is 0. The van der Waals surface area contributed by atoms with Gasteiger partial charge in [0.05, 0.1) is 0 Å². The summed E-state index contributed by atoms with van der Waals surface area (Å²) in [5, 5.41) is 0. The third-order valence-corrected chi connectivity index (χ3v) is 4.62. The average molecular weight is 354 g/mol. The Kier molecular flexibility index (Phi) is 6.04. The van der Waals surface area contributed by atoms with Gasteiger partial charge >= 0.3 is 0 Å². The van der Waals surface area contributed by atoms with Crippen molar-refractivity contribution in [3.63, 3.8) is 0 Å². The van der Waals surface area contributed by atoms with Gasteiger partial charge in [-0.05, 0) is 0 Å². The SMILES string of the molecule is ClC(Cl)CC(Cl)(Br)C(Cl)Br. The van der Waals surface area contributed by atoms with E-state index in [-0.39, 0.29) is 0 Å². The highest BCUT2D eigenvalue weighted by Crippen LogP contribution is 2.40. The normalized spacial score (nSPS) is 20.7. The molecule has 62 valence electrons. The summed E-state index contributed by atoms with van der Waals surface area (Å²) < 4.78 is -1.18. The van der Waals surface area contributed by atoms with Crippen LogP contribution in [0.3, 0.4) is 0 Å². The Bertz CT molecular complexity index is 103. The zero-order valence-corrected chi connectivity index (χ0v) is 10.8. The number of hydrogen-bond donors (Lipinski definition) is 0. The van der Waals surface area contributed by atoms with Crippen LogP contribution in [0.1, 0.15) is 6.42 Å². The molecule has 0 spiro atoms. The van der Waals surface area contributed by atoms with Crippen LogP contribution in [0.2, 0.25) is 0 Å². The van der Waals surface area contributed by atoms with Crippen LogP contribution in [0.5, 0.6) is 0 Å². The number of rotatable bonds is 3. The van der Waals surface area contributed by atoms with Gasteiger partial charge in [0.1, 0.15) is 12.9 Å². The molecule has 0 saturated carbocycles. The summed E-state index contributed by atoms with van der Waals surface area (Å²) in [5.41, 5.74) is 0. The van der Waals surface area contributed by atoms with Gasteiger partial charge in [0.15, 0.2) is 0 Å². The van der Waals surface area contributed by atoms with E-state index in [4.69, 9.17) is 46.4 Å². The van der Waals surface area contributed by atoms with Gasteiger partial charge in [-0.2, -0.15) is 0 Å².